The number of benzene rings is 1. The van der Waals surface area contributed by atoms with E-state index in [1.165, 1.54) is 0 Å². The highest BCUT2D eigenvalue weighted by atomic mass is 16.6. The Kier molecular flexibility index (Phi) is 4.99. The fourth-order valence-corrected chi connectivity index (χ4v) is 0.987. The maximum Gasteiger partial charge on any atom is 0.118 e. The van der Waals surface area contributed by atoms with Crippen LogP contribution < -0.4 is 16.0 Å². The van der Waals surface area contributed by atoms with Gasteiger partial charge in [0.25, 0.3) is 0 Å². The Hall–Kier alpha value is -1.10. The highest BCUT2D eigenvalue weighted by molar-refractivity contribution is 5.26. The van der Waals surface area contributed by atoms with Crippen LogP contribution in [0.15, 0.2) is 24.3 Å². The van der Waals surface area contributed by atoms with E-state index in [0.717, 1.165) is 11.3 Å². The van der Waals surface area contributed by atoms with E-state index in [-0.39, 0.29) is 0 Å². The second kappa shape index (κ2) is 6.37. The zero-order chi connectivity index (χ0) is 10.2. The zero-order valence-corrected chi connectivity index (χ0v) is 8.32. The van der Waals surface area contributed by atoms with Crippen molar-refractivity contribution < 1.29 is 9.57 Å². The van der Waals surface area contributed by atoms with Crippen molar-refractivity contribution in [2.24, 2.45) is 5.73 Å². The van der Waals surface area contributed by atoms with Crippen LogP contribution in [0.3, 0.4) is 0 Å². The van der Waals surface area contributed by atoms with Gasteiger partial charge >= 0.3 is 0 Å². The van der Waals surface area contributed by atoms with Crippen molar-refractivity contribution in [2.75, 3.05) is 20.2 Å². The summed E-state index contributed by atoms with van der Waals surface area (Å²) in [6.45, 7) is 1.77. The molecule has 0 radical (unpaired) electrons. The fourth-order valence-electron chi connectivity index (χ4n) is 0.987. The van der Waals surface area contributed by atoms with Crippen molar-refractivity contribution in [2.45, 2.75) is 6.61 Å². The molecule has 4 nitrogen and oxygen atoms in total. The van der Waals surface area contributed by atoms with Gasteiger partial charge in [0.05, 0.1) is 13.7 Å². The summed E-state index contributed by atoms with van der Waals surface area (Å²) in [4.78, 5) is 5.16. The van der Waals surface area contributed by atoms with E-state index in [1.54, 1.807) is 7.11 Å². The van der Waals surface area contributed by atoms with Gasteiger partial charge in [-0.3, -0.25) is 4.84 Å². The fraction of sp³-hybridized carbons (Fsp3) is 0.400. The second-order valence-electron chi connectivity index (χ2n) is 2.82. The molecule has 0 spiro atoms. The quantitative estimate of drug-likeness (QED) is 0.519. The second-order valence-corrected chi connectivity index (χ2v) is 2.82. The number of rotatable bonds is 6. The Bertz CT molecular complexity index is 249. The predicted molar refractivity (Wildman–Crippen MR) is 54.8 cm³/mol. The van der Waals surface area contributed by atoms with Crippen LogP contribution in [0.2, 0.25) is 0 Å². The lowest BCUT2D eigenvalue weighted by Crippen LogP contribution is -2.22. The van der Waals surface area contributed by atoms with Gasteiger partial charge < -0.3 is 10.5 Å². The van der Waals surface area contributed by atoms with E-state index in [0.29, 0.717) is 19.7 Å². The van der Waals surface area contributed by atoms with Gasteiger partial charge in [-0.05, 0) is 17.7 Å². The third-order valence-corrected chi connectivity index (χ3v) is 1.75. The number of hydroxylamine groups is 1. The summed E-state index contributed by atoms with van der Waals surface area (Å²) in [5.74, 6) is 0.851. The van der Waals surface area contributed by atoms with Gasteiger partial charge in [0.15, 0.2) is 0 Å². The largest absolute Gasteiger partial charge is 0.497 e. The molecule has 4 heteroatoms. The zero-order valence-electron chi connectivity index (χ0n) is 8.32. The van der Waals surface area contributed by atoms with E-state index >= 15 is 0 Å². The van der Waals surface area contributed by atoms with Crippen LogP contribution >= 0.6 is 0 Å². The first-order valence-corrected chi connectivity index (χ1v) is 4.54. The van der Waals surface area contributed by atoms with Gasteiger partial charge in [-0.15, -0.1) is 0 Å². The van der Waals surface area contributed by atoms with Crippen molar-refractivity contribution in [3.63, 3.8) is 0 Å². The van der Waals surface area contributed by atoms with E-state index in [2.05, 4.69) is 5.48 Å². The summed E-state index contributed by atoms with van der Waals surface area (Å²) in [7, 11) is 1.65. The van der Waals surface area contributed by atoms with Crippen LogP contribution in [0, 0.1) is 0 Å². The lowest BCUT2D eigenvalue weighted by atomic mass is 10.2. The molecule has 1 aromatic carbocycles. The Morgan fingerprint density at radius 2 is 2.00 bits per heavy atom. The third-order valence-electron chi connectivity index (χ3n) is 1.75. The maximum atomic E-state index is 5.29. The number of nitrogens with one attached hydrogen (secondary N) is 1. The average molecular weight is 196 g/mol. The van der Waals surface area contributed by atoms with Crippen LogP contribution in [-0.4, -0.2) is 20.2 Å². The predicted octanol–water partition coefficient (Wildman–Crippen LogP) is 0.675. The standard InChI is InChI=1S/C10H16N2O2/c1-13-10-4-2-9(3-5-10)8-14-12-7-6-11/h2-5,12H,6-8,11H2,1H3. The van der Waals surface area contributed by atoms with Crippen LogP contribution in [0.25, 0.3) is 0 Å². The SMILES string of the molecule is COc1ccc(CONCCN)cc1. The molecule has 0 fully saturated rings. The maximum absolute atomic E-state index is 5.29. The molecule has 0 aliphatic carbocycles. The minimum absolute atomic E-state index is 0.532. The Labute approximate surface area is 84.0 Å². The van der Waals surface area contributed by atoms with Gasteiger partial charge in [-0.2, -0.15) is 0 Å². The molecule has 78 valence electrons. The van der Waals surface area contributed by atoms with E-state index in [9.17, 15) is 0 Å². The monoisotopic (exact) mass is 196 g/mol. The summed E-state index contributed by atoms with van der Waals surface area (Å²) in [5, 5.41) is 0. The topological polar surface area (TPSA) is 56.5 Å². The minimum Gasteiger partial charge on any atom is -0.497 e. The first-order chi connectivity index (χ1) is 6.86. The number of ether oxygens (including phenoxy) is 1. The minimum atomic E-state index is 0.532. The van der Waals surface area contributed by atoms with E-state index in [1.807, 2.05) is 24.3 Å². The van der Waals surface area contributed by atoms with E-state index < -0.39 is 0 Å². The van der Waals surface area contributed by atoms with Crippen molar-refractivity contribution in [1.29, 1.82) is 0 Å². The van der Waals surface area contributed by atoms with Crippen molar-refractivity contribution >= 4 is 0 Å². The highest BCUT2D eigenvalue weighted by Crippen LogP contribution is 2.11. The summed E-state index contributed by atoms with van der Waals surface area (Å²) in [6.07, 6.45) is 0. The molecule has 0 unspecified atom stereocenters. The first kappa shape index (κ1) is 11.0. The van der Waals surface area contributed by atoms with Crippen molar-refractivity contribution in [3.8, 4) is 5.75 Å². The molecule has 3 N–H and O–H groups in total. The molecule has 0 atom stereocenters. The molecule has 0 saturated heterocycles. The Morgan fingerprint density at radius 3 is 2.57 bits per heavy atom. The van der Waals surface area contributed by atoms with Gasteiger partial charge in [-0.25, -0.2) is 5.48 Å². The molecule has 0 aliphatic rings. The number of hydrogen-bond donors (Lipinski definition) is 2. The Balaban J connectivity index is 2.29. The van der Waals surface area contributed by atoms with Crippen LogP contribution in [0.5, 0.6) is 5.75 Å². The highest BCUT2D eigenvalue weighted by Gasteiger charge is 1.94. The molecule has 0 heterocycles. The molecule has 1 aromatic rings. The summed E-state index contributed by atoms with van der Waals surface area (Å²) in [6, 6.07) is 7.73. The smallest absolute Gasteiger partial charge is 0.118 e. The van der Waals surface area contributed by atoms with Crippen LogP contribution in [0.1, 0.15) is 5.56 Å². The molecule has 0 saturated carbocycles. The van der Waals surface area contributed by atoms with Crippen LogP contribution in [0.4, 0.5) is 0 Å². The summed E-state index contributed by atoms with van der Waals surface area (Å²) >= 11 is 0. The summed E-state index contributed by atoms with van der Waals surface area (Å²) < 4.78 is 5.04. The molecule has 14 heavy (non-hydrogen) atoms. The van der Waals surface area contributed by atoms with Gasteiger partial charge in [0.2, 0.25) is 0 Å². The molecule has 0 amide bonds. The average Bonchev–Trinajstić information content (AvgIpc) is 2.25. The third kappa shape index (κ3) is 3.74. The lowest BCUT2D eigenvalue weighted by molar-refractivity contribution is 0.0300. The summed E-state index contributed by atoms with van der Waals surface area (Å²) in [5.41, 5.74) is 9.14. The van der Waals surface area contributed by atoms with Gasteiger partial charge in [0.1, 0.15) is 5.75 Å². The van der Waals surface area contributed by atoms with E-state index in [4.69, 9.17) is 15.3 Å². The number of hydrogen-bond acceptors (Lipinski definition) is 4. The molecular formula is C10H16N2O2. The normalized spacial score (nSPS) is 10.1. The van der Waals surface area contributed by atoms with Crippen LogP contribution in [-0.2, 0) is 11.4 Å². The van der Waals surface area contributed by atoms with Crippen molar-refractivity contribution in [3.05, 3.63) is 29.8 Å². The molecule has 1 rings (SSSR count). The number of nitrogens with two attached hydrogens (primary N) is 1. The molecular weight excluding hydrogens is 180 g/mol. The van der Waals surface area contributed by atoms with Gasteiger partial charge in [-0.1, -0.05) is 12.1 Å². The molecule has 0 aromatic heterocycles. The lowest BCUT2D eigenvalue weighted by Gasteiger charge is -2.05. The van der Waals surface area contributed by atoms with Gasteiger partial charge in [0, 0.05) is 13.1 Å². The molecule has 0 bridgehead atoms. The first-order valence-electron chi connectivity index (χ1n) is 4.54. The van der Waals surface area contributed by atoms with Crippen molar-refractivity contribution in [1.82, 2.24) is 5.48 Å². The molecule has 0 aliphatic heterocycles. The Morgan fingerprint density at radius 1 is 1.29 bits per heavy atom. The number of methoxy groups -OCH3 is 1.